The molecule has 1 aromatic carbocycles. The number of benzene rings is 1. The summed E-state index contributed by atoms with van der Waals surface area (Å²) < 4.78 is 28.8. The molecule has 34 heavy (non-hydrogen) atoms. The largest absolute Gasteiger partial charge is 0.390 e. The van der Waals surface area contributed by atoms with E-state index in [1.54, 1.807) is 6.20 Å². The summed E-state index contributed by atoms with van der Waals surface area (Å²) in [4.78, 5) is 11.6. The Labute approximate surface area is 196 Å². The molecule has 0 amide bonds. The summed E-state index contributed by atoms with van der Waals surface area (Å²) in [6.07, 6.45) is 2.75. The molecule has 0 radical (unpaired) electrons. The van der Waals surface area contributed by atoms with Crippen LogP contribution < -0.4 is 4.90 Å². The van der Waals surface area contributed by atoms with Gasteiger partial charge in [0.1, 0.15) is 11.6 Å². The first-order valence-corrected chi connectivity index (χ1v) is 11.8. The van der Waals surface area contributed by atoms with Gasteiger partial charge in [-0.05, 0) is 67.3 Å². The molecule has 3 fully saturated rings. The highest BCUT2D eigenvalue weighted by Crippen LogP contribution is 2.90. The first kappa shape index (κ1) is 20.4. The summed E-state index contributed by atoms with van der Waals surface area (Å²) in [5.74, 6) is 0.405. The summed E-state index contributed by atoms with van der Waals surface area (Å²) in [5, 5.41) is 19.1. The molecule has 0 bridgehead atoms. The Morgan fingerprint density at radius 2 is 1.85 bits per heavy atom. The molecule has 2 saturated carbocycles. The van der Waals surface area contributed by atoms with Gasteiger partial charge in [0, 0.05) is 25.2 Å². The van der Waals surface area contributed by atoms with Gasteiger partial charge in [0.25, 0.3) is 0 Å². The highest BCUT2D eigenvalue weighted by Gasteiger charge is 2.87. The third-order valence-electron chi connectivity index (χ3n) is 9.18. The zero-order chi connectivity index (χ0) is 23.6. The molecule has 3 heterocycles. The second kappa shape index (κ2) is 6.16. The molecular formula is C26H25F2N5O. The average molecular weight is 462 g/mol. The lowest BCUT2D eigenvalue weighted by Crippen LogP contribution is -2.56. The molecule has 1 N–H and O–H groups in total. The van der Waals surface area contributed by atoms with E-state index < -0.39 is 17.2 Å². The van der Waals surface area contributed by atoms with E-state index >= 15 is 0 Å². The van der Waals surface area contributed by atoms with Crippen LogP contribution in [0.2, 0.25) is 0 Å². The minimum atomic E-state index is -0.724. The van der Waals surface area contributed by atoms with E-state index in [-0.39, 0.29) is 28.0 Å². The Kier molecular flexibility index (Phi) is 3.69. The highest BCUT2D eigenvalue weighted by molar-refractivity contribution is 5.68. The maximum Gasteiger partial charge on any atom is 0.225 e. The van der Waals surface area contributed by atoms with Gasteiger partial charge in [-0.25, -0.2) is 18.7 Å². The zero-order valence-electron chi connectivity index (χ0n) is 19.3. The van der Waals surface area contributed by atoms with E-state index in [0.717, 1.165) is 36.5 Å². The summed E-state index contributed by atoms with van der Waals surface area (Å²) in [7, 11) is 0. The quantitative estimate of drug-likeness (QED) is 0.636. The van der Waals surface area contributed by atoms with Gasteiger partial charge in [0.2, 0.25) is 5.95 Å². The number of aromatic nitrogens is 4. The number of hydrogen-bond acceptors (Lipinski definition) is 6. The monoisotopic (exact) mass is 461 g/mol. The van der Waals surface area contributed by atoms with Crippen LogP contribution in [0.1, 0.15) is 50.1 Å². The molecule has 0 spiro atoms. The average Bonchev–Trinajstić information content (AvgIpc) is 3.17. The van der Waals surface area contributed by atoms with Crippen molar-refractivity contribution < 1.29 is 13.9 Å². The topological polar surface area (TPSA) is 75.0 Å². The van der Waals surface area contributed by atoms with Crippen molar-refractivity contribution in [1.29, 1.82) is 0 Å². The molecule has 2 aromatic heterocycles. The van der Waals surface area contributed by atoms with Gasteiger partial charge in [-0.15, -0.1) is 5.10 Å². The van der Waals surface area contributed by atoms with E-state index in [4.69, 9.17) is 4.98 Å². The first-order chi connectivity index (χ1) is 16.2. The van der Waals surface area contributed by atoms with E-state index in [2.05, 4.69) is 27.0 Å². The van der Waals surface area contributed by atoms with Crippen molar-refractivity contribution in [3.63, 3.8) is 0 Å². The van der Waals surface area contributed by atoms with Gasteiger partial charge in [-0.1, -0.05) is 13.0 Å². The number of hydrogen-bond donors (Lipinski definition) is 1. The summed E-state index contributed by atoms with van der Waals surface area (Å²) >= 11 is 0. The molecule has 2 unspecified atom stereocenters. The second-order valence-corrected chi connectivity index (χ2v) is 11.1. The number of aliphatic hydroxyl groups is 1. The first-order valence-electron chi connectivity index (χ1n) is 11.8. The highest BCUT2D eigenvalue weighted by atomic mass is 19.1. The predicted octanol–water partition coefficient (Wildman–Crippen LogP) is 3.84. The number of fused-ring (bicyclic) bond motifs is 4. The third-order valence-corrected chi connectivity index (χ3v) is 9.18. The number of halogens is 2. The minimum Gasteiger partial charge on any atom is -0.390 e. The van der Waals surface area contributed by atoms with Crippen LogP contribution in [0.25, 0.3) is 11.3 Å². The molecule has 3 aromatic rings. The second-order valence-electron chi connectivity index (χ2n) is 11.1. The van der Waals surface area contributed by atoms with Crippen LogP contribution in [-0.4, -0.2) is 44.0 Å². The Balaban J connectivity index is 1.28. The van der Waals surface area contributed by atoms with Crippen LogP contribution in [0.15, 0.2) is 36.5 Å². The fourth-order valence-electron chi connectivity index (χ4n) is 6.99. The van der Waals surface area contributed by atoms with Crippen LogP contribution in [-0.2, 0) is 5.41 Å². The lowest BCUT2D eigenvalue weighted by atomic mass is 9.57. The lowest BCUT2D eigenvalue weighted by molar-refractivity contribution is 0.00412. The number of rotatable bonds is 4. The Bertz CT molecular complexity index is 1350. The van der Waals surface area contributed by atoms with Crippen molar-refractivity contribution in [3.05, 3.63) is 65.1 Å². The van der Waals surface area contributed by atoms with Crippen molar-refractivity contribution in [2.24, 2.45) is 17.3 Å². The number of anilines is 1. The normalized spacial score (nSPS) is 30.9. The standard InChI is InChI=1S/C26H25F2N5O/c1-24(2,34)13-11-33(12-13)23-29-8-7-19(30-23)26-10-15-21(25(15,26)3)14-9-18(31-32-22(14)26)20-16(27)5-4-6-17(20)28/h4-9,13,15,21,34H,10-12H2,1-3H3/t15?,21-,25?,26+/m1/s1. The molecule has 6 nitrogen and oxygen atoms in total. The van der Waals surface area contributed by atoms with Crippen molar-refractivity contribution in [2.75, 3.05) is 18.0 Å². The molecular weight excluding hydrogens is 436 g/mol. The Hall–Kier alpha value is -3.00. The van der Waals surface area contributed by atoms with Gasteiger partial charge in [0.15, 0.2) is 0 Å². The van der Waals surface area contributed by atoms with Crippen LogP contribution in [0.3, 0.4) is 0 Å². The summed E-state index contributed by atoms with van der Waals surface area (Å²) in [6, 6.07) is 7.64. The molecule has 4 atom stereocenters. The van der Waals surface area contributed by atoms with Crippen LogP contribution >= 0.6 is 0 Å². The van der Waals surface area contributed by atoms with Crippen molar-refractivity contribution in [3.8, 4) is 11.3 Å². The summed E-state index contributed by atoms with van der Waals surface area (Å²) in [6.45, 7) is 7.38. The molecule has 4 aliphatic rings. The maximum atomic E-state index is 14.4. The van der Waals surface area contributed by atoms with Crippen LogP contribution in [0, 0.1) is 28.9 Å². The Morgan fingerprint density at radius 1 is 1.12 bits per heavy atom. The van der Waals surface area contributed by atoms with E-state index in [1.807, 2.05) is 26.0 Å². The smallest absolute Gasteiger partial charge is 0.225 e. The van der Waals surface area contributed by atoms with E-state index in [1.165, 1.54) is 18.2 Å². The minimum absolute atomic E-state index is 0.00733. The zero-order valence-corrected chi connectivity index (χ0v) is 19.3. The SMILES string of the molecule is CC(C)(O)C1CN(c2nccc([C@@]34CC5[C@@H](c6cc(-c7c(F)cccc7F)nnc63)C54C)n2)C1. The maximum absolute atomic E-state index is 14.4. The Morgan fingerprint density at radius 3 is 2.56 bits per heavy atom. The van der Waals surface area contributed by atoms with Crippen LogP contribution in [0.5, 0.6) is 0 Å². The van der Waals surface area contributed by atoms with Gasteiger partial charge in [-0.2, -0.15) is 5.10 Å². The lowest BCUT2D eigenvalue weighted by Gasteiger charge is -2.47. The van der Waals surface area contributed by atoms with Crippen molar-refractivity contribution >= 4 is 5.95 Å². The van der Waals surface area contributed by atoms with Gasteiger partial charge in [0.05, 0.1) is 33.7 Å². The van der Waals surface area contributed by atoms with Gasteiger partial charge >= 0.3 is 0 Å². The van der Waals surface area contributed by atoms with Crippen molar-refractivity contribution in [1.82, 2.24) is 20.2 Å². The predicted molar refractivity (Wildman–Crippen MR) is 121 cm³/mol. The molecule has 1 saturated heterocycles. The molecule has 8 heteroatoms. The van der Waals surface area contributed by atoms with E-state index in [9.17, 15) is 13.9 Å². The van der Waals surface area contributed by atoms with Crippen LogP contribution in [0.4, 0.5) is 14.7 Å². The fourth-order valence-corrected chi connectivity index (χ4v) is 6.99. The van der Waals surface area contributed by atoms with Gasteiger partial charge in [-0.3, -0.25) is 0 Å². The fraction of sp³-hybridized carbons (Fsp3) is 0.462. The molecule has 1 aliphatic heterocycles. The molecule has 3 aliphatic carbocycles. The van der Waals surface area contributed by atoms with Gasteiger partial charge < -0.3 is 10.0 Å². The summed E-state index contributed by atoms with van der Waals surface area (Å²) in [5.41, 5.74) is 1.88. The number of nitrogens with zero attached hydrogens (tertiary/aromatic N) is 5. The van der Waals surface area contributed by atoms with Crippen molar-refractivity contribution in [2.45, 2.75) is 44.1 Å². The van der Waals surface area contributed by atoms with E-state index in [0.29, 0.717) is 17.8 Å². The molecule has 7 rings (SSSR count). The third kappa shape index (κ3) is 2.27. The molecule has 174 valence electrons.